The maximum Gasteiger partial charge on any atom is 0.410 e. The molecular weight excluding hydrogens is 474 g/mol. The average Bonchev–Trinajstić information content (AvgIpc) is 3.41. The number of nitrogens with zero attached hydrogens (tertiary/aromatic N) is 7. The molecule has 37 heavy (non-hydrogen) atoms. The summed E-state index contributed by atoms with van der Waals surface area (Å²) in [6.07, 6.45) is 6.70. The fraction of sp³-hybridized carbons (Fsp3) is 0.500. The highest BCUT2D eigenvalue weighted by Crippen LogP contribution is 2.31. The third kappa shape index (κ3) is 6.34. The van der Waals surface area contributed by atoms with Crippen LogP contribution < -0.4 is 9.64 Å². The number of hydrogen-bond acceptors (Lipinski definition) is 9. The molecule has 0 bridgehead atoms. The number of imidazole rings is 1. The number of piperazine rings is 1. The van der Waals surface area contributed by atoms with Gasteiger partial charge in [0.25, 0.3) is 0 Å². The second-order valence-electron chi connectivity index (χ2n) is 10.3. The van der Waals surface area contributed by atoms with Crippen molar-refractivity contribution in [2.24, 2.45) is 5.92 Å². The molecule has 1 fully saturated rings. The maximum atomic E-state index is 12.8. The lowest BCUT2D eigenvalue weighted by molar-refractivity contribution is 0.00871. The van der Waals surface area contributed by atoms with E-state index in [1.807, 2.05) is 54.6 Å². The Morgan fingerprint density at radius 1 is 1.19 bits per heavy atom. The van der Waals surface area contributed by atoms with Crippen molar-refractivity contribution in [3.8, 4) is 22.7 Å². The third-order valence-corrected chi connectivity index (χ3v) is 6.02. The highest BCUT2D eigenvalue weighted by molar-refractivity contribution is 5.70. The molecule has 3 heterocycles. The van der Waals surface area contributed by atoms with E-state index in [4.69, 9.17) is 14.2 Å². The molecule has 0 saturated carbocycles. The summed E-state index contributed by atoms with van der Waals surface area (Å²) in [7, 11) is 1.57. The van der Waals surface area contributed by atoms with E-state index in [0.717, 1.165) is 11.3 Å². The zero-order valence-electron chi connectivity index (χ0n) is 22.3. The van der Waals surface area contributed by atoms with E-state index in [0.29, 0.717) is 37.0 Å². The molecule has 1 aromatic carbocycles. The predicted octanol–water partition coefficient (Wildman–Crippen LogP) is 3.79. The Hall–Kier alpha value is -3.73. The molecule has 0 radical (unpaired) electrons. The largest absolute Gasteiger partial charge is 0.467 e. The molecule has 0 N–H and O–H groups in total. The number of anilines is 1. The Kier molecular flexibility index (Phi) is 7.91. The van der Waals surface area contributed by atoms with Crippen molar-refractivity contribution in [3.05, 3.63) is 43.1 Å². The summed E-state index contributed by atoms with van der Waals surface area (Å²) in [4.78, 5) is 25.4. The van der Waals surface area contributed by atoms with Crippen LogP contribution in [0.1, 0.15) is 34.6 Å². The highest BCUT2D eigenvalue weighted by atomic mass is 16.7. The van der Waals surface area contributed by atoms with Crippen molar-refractivity contribution >= 4 is 12.0 Å². The van der Waals surface area contributed by atoms with Gasteiger partial charge in [0.05, 0.1) is 24.3 Å². The Balaban J connectivity index is 1.53. The van der Waals surface area contributed by atoms with Crippen LogP contribution >= 0.6 is 0 Å². The number of rotatable bonds is 7. The molecule has 1 saturated heterocycles. The molecule has 0 unspecified atom stereocenters. The summed E-state index contributed by atoms with van der Waals surface area (Å²) in [5, 5.41) is 8.88. The van der Waals surface area contributed by atoms with E-state index in [2.05, 4.69) is 38.9 Å². The lowest BCUT2D eigenvalue weighted by atomic mass is 10.00. The lowest BCUT2D eigenvalue weighted by Gasteiger charge is -2.43. The van der Waals surface area contributed by atoms with Gasteiger partial charge in [0.1, 0.15) is 17.0 Å². The van der Waals surface area contributed by atoms with Crippen molar-refractivity contribution in [2.45, 2.75) is 46.3 Å². The first-order valence-electron chi connectivity index (χ1n) is 12.3. The number of ether oxygens (including phenoxy) is 3. The van der Waals surface area contributed by atoms with Crippen molar-refractivity contribution in [3.63, 3.8) is 0 Å². The summed E-state index contributed by atoms with van der Waals surface area (Å²) in [5.41, 5.74) is 1.69. The number of benzene rings is 1. The summed E-state index contributed by atoms with van der Waals surface area (Å²) < 4.78 is 18.5. The second-order valence-corrected chi connectivity index (χ2v) is 10.3. The van der Waals surface area contributed by atoms with Gasteiger partial charge >= 0.3 is 6.09 Å². The van der Waals surface area contributed by atoms with Crippen LogP contribution in [0.2, 0.25) is 0 Å². The van der Waals surface area contributed by atoms with Crippen LogP contribution in [0.3, 0.4) is 0 Å². The van der Waals surface area contributed by atoms with Crippen LogP contribution in [-0.4, -0.2) is 80.9 Å². The molecule has 0 spiro atoms. The maximum absolute atomic E-state index is 12.8. The summed E-state index contributed by atoms with van der Waals surface area (Å²) in [6, 6.07) is 5.74. The molecule has 3 aromatic rings. The van der Waals surface area contributed by atoms with E-state index in [-0.39, 0.29) is 24.8 Å². The van der Waals surface area contributed by atoms with Gasteiger partial charge in [-0.1, -0.05) is 13.8 Å². The topological polar surface area (TPSA) is 108 Å². The molecular formula is C26H35N7O4. The van der Waals surface area contributed by atoms with Gasteiger partial charge in [0, 0.05) is 50.8 Å². The van der Waals surface area contributed by atoms with Gasteiger partial charge in [0.15, 0.2) is 6.79 Å². The second kappa shape index (κ2) is 11.1. The minimum Gasteiger partial charge on any atom is -0.467 e. The fourth-order valence-electron chi connectivity index (χ4n) is 4.18. The Bertz CT molecular complexity index is 1180. The Morgan fingerprint density at radius 3 is 2.62 bits per heavy atom. The van der Waals surface area contributed by atoms with Crippen molar-refractivity contribution in [1.29, 1.82) is 0 Å². The first-order valence-corrected chi connectivity index (χ1v) is 12.3. The van der Waals surface area contributed by atoms with Gasteiger partial charge in [-0.15, -0.1) is 10.2 Å². The van der Waals surface area contributed by atoms with Gasteiger partial charge in [0.2, 0.25) is 5.95 Å². The standard InChI is InChI=1S/C26H35N7O4/c1-18(2)22-15-31(11-12-33(22)25(34)37-26(3,4)5)24-28-14-21(29-30-24)20-8-7-19(32-10-9-27-16-32)13-23(20)36-17-35-6/h7-10,13-14,16,18,22H,11-12,15,17H2,1-6H3/t22-/m1/s1. The summed E-state index contributed by atoms with van der Waals surface area (Å²) in [5.74, 6) is 1.35. The van der Waals surface area contributed by atoms with E-state index in [9.17, 15) is 4.79 Å². The molecule has 1 aliphatic heterocycles. The average molecular weight is 510 g/mol. The SMILES string of the molecule is COCOc1cc(-n2ccnc2)ccc1-c1cnc(N2CCN(C(=O)OC(C)(C)C)[C@@H](C(C)C)C2)nn1. The smallest absolute Gasteiger partial charge is 0.410 e. The first-order chi connectivity index (χ1) is 17.7. The molecule has 11 nitrogen and oxygen atoms in total. The highest BCUT2D eigenvalue weighted by Gasteiger charge is 2.35. The van der Waals surface area contributed by atoms with Crippen LogP contribution in [0, 0.1) is 5.92 Å². The quantitative estimate of drug-likeness (QED) is 0.440. The summed E-state index contributed by atoms with van der Waals surface area (Å²) >= 11 is 0. The van der Waals surface area contributed by atoms with Gasteiger partial charge in [-0.05, 0) is 38.8 Å². The molecule has 198 valence electrons. The minimum absolute atomic E-state index is 0.0309. The van der Waals surface area contributed by atoms with Crippen molar-refractivity contribution in [1.82, 2.24) is 29.6 Å². The number of carbonyl (C=O) groups excluding carboxylic acids is 1. The molecule has 4 rings (SSSR count). The summed E-state index contributed by atoms with van der Waals surface area (Å²) in [6.45, 7) is 11.6. The molecule has 1 amide bonds. The van der Waals surface area contributed by atoms with Crippen molar-refractivity contribution < 1.29 is 19.0 Å². The third-order valence-electron chi connectivity index (χ3n) is 6.02. The number of aromatic nitrogens is 5. The van der Waals surface area contributed by atoms with Crippen LogP contribution in [-0.2, 0) is 9.47 Å². The molecule has 0 aliphatic carbocycles. The minimum atomic E-state index is -0.540. The van der Waals surface area contributed by atoms with Gasteiger partial charge in [-0.3, -0.25) is 0 Å². The molecule has 2 aromatic heterocycles. The van der Waals surface area contributed by atoms with Crippen LogP contribution in [0.4, 0.5) is 10.7 Å². The molecule has 1 atom stereocenters. The van der Waals surface area contributed by atoms with Gasteiger partial charge in [-0.2, -0.15) is 0 Å². The van der Waals surface area contributed by atoms with Crippen LogP contribution in [0.25, 0.3) is 16.9 Å². The van der Waals surface area contributed by atoms with Gasteiger partial charge < -0.3 is 28.6 Å². The molecule has 11 heteroatoms. The zero-order valence-corrected chi connectivity index (χ0v) is 22.3. The zero-order chi connectivity index (χ0) is 26.6. The molecule has 1 aliphatic rings. The lowest BCUT2D eigenvalue weighted by Crippen LogP contribution is -2.58. The van der Waals surface area contributed by atoms with Crippen LogP contribution in [0.15, 0.2) is 43.1 Å². The number of methoxy groups -OCH3 is 1. The van der Waals surface area contributed by atoms with Crippen molar-refractivity contribution in [2.75, 3.05) is 38.4 Å². The first kappa shape index (κ1) is 26.3. The number of amides is 1. The monoisotopic (exact) mass is 509 g/mol. The normalized spacial score (nSPS) is 16.2. The van der Waals surface area contributed by atoms with E-state index >= 15 is 0 Å². The van der Waals surface area contributed by atoms with E-state index < -0.39 is 5.60 Å². The number of hydrogen-bond donors (Lipinski definition) is 0. The fourth-order valence-corrected chi connectivity index (χ4v) is 4.18. The predicted molar refractivity (Wildman–Crippen MR) is 139 cm³/mol. The van der Waals surface area contributed by atoms with E-state index in [1.54, 1.807) is 25.8 Å². The van der Waals surface area contributed by atoms with Crippen LogP contribution in [0.5, 0.6) is 5.75 Å². The Labute approximate surface area is 217 Å². The van der Waals surface area contributed by atoms with Gasteiger partial charge in [-0.25, -0.2) is 14.8 Å². The Morgan fingerprint density at radius 2 is 2.00 bits per heavy atom. The van der Waals surface area contributed by atoms with E-state index in [1.165, 1.54) is 0 Å². The number of carbonyl (C=O) groups is 1.